The van der Waals surface area contributed by atoms with Gasteiger partial charge in [-0.3, -0.25) is 4.98 Å². The molecule has 0 N–H and O–H groups in total. The summed E-state index contributed by atoms with van der Waals surface area (Å²) in [6.45, 7) is 0. The summed E-state index contributed by atoms with van der Waals surface area (Å²) in [7, 11) is 0. The number of benzene rings is 2. The van der Waals surface area contributed by atoms with Crippen LogP contribution in [0.5, 0.6) is 0 Å². The van der Waals surface area contributed by atoms with Crippen LogP contribution in [0.3, 0.4) is 0 Å². The van der Waals surface area contributed by atoms with E-state index in [1.54, 1.807) is 6.33 Å². The molecule has 0 amide bonds. The highest BCUT2D eigenvalue weighted by Crippen LogP contribution is 2.29. The SMILES string of the molecule is c1cnc2c(-c3ncnc4ccccc34)cccc2c1. The van der Waals surface area contributed by atoms with Gasteiger partial charge in [-0.25, -0.2) is 9.97 Å². The van der Waals surface area contributed by atoms with Gasteiger partial charge in [0.1, 0.15) is 6.33 Å². The molecule has 3 heteroatoms. The van der Waals surface area contributed by atoms with Gasteiger partial charge < -0.3 is 0 Å². The number of pyridine rings is 1. The van der Waals surface area contributed by atoms with Crippen molar-refractivity contribution in [2.45, 2.75) is 0 Å². The Balaban J connectivity index is 2.12. The molecule has 2 aromatic heterocycles. The molecule has 0 saturated heterocycles. The monoisotopic (exact) mass is 257 g/mol. The minimum Gasteiger partial charge on any atom is -0.256 e. The molecule has 0 aliphatic carbocycles. The maximum Gasteiger partial charge on any atom is 0.116 e. The number of aromatic nitrogens is 3. The lowest BCUT2D eigenvalue weighted by molar-refractivity contribution is 1.22. The number of hydrogen-bond donors (Lipinski definition) is 0. The third kappa shape index (κ3) is 1.64. The van der Waals surface area contributed by atoms with Gasteiger partial charge in [0.25, 0.3) is 0 Å². The Labute approximate surface area is 116 Å². The third-order valence-corrected chi connectivity index (χ3v) is 3.43. The molecular formula is C17H11N3. The summed E-state index contributed by atoms with van der Waals surface area (Å²) in [5, 5.41) is 2.17. The fraction of sp³-hybridized carbons (Fsp3) is 0. The average Bonchev–Trinajstić information content (AvgIpc) is 2.54. The summed E-state index contributed by atoms with van der Waals surface area (Å²) in [6, 6.07) is 18.2. The van der Waals surface area contributed by atoms with Crippen LogP contribution in [0.4, 0.5) is 0 Å². The summed E-state index contributed by atoms with van der Waals surface area (Å²) < 4.78 is 0. The van der Waals surface area contributed by atoms with Crippen molar-refractivity contribution in [3.05, 3.63) is 67.1 Å². The van der Waals surface area contributed by atoms with Gasteiger partial charge in [-0.1, -0.05) is 42.5 Å². The van der Waals surface area contributed by atoms with E-state index >= 15 is 0 Å². The van der Waals surface area contributed by atoms with Crippen molar-refractivity contribution >= 4 is 21.8 Å². The van der Waals surface area contributed by atoms with Crippen LogP contribution in [0.2, 0.25) is 0 Å². The Morgan fingerprint density at radius 3 is 2.60 bits per heavy atom. The Kier molecular flexibility index (Phi) is 2.42. The van der Waals surface area contributed by atoms with E-state index in [9.17, 15) is 0 Å². The van der Waals surface area contributed by atoms with Crippen molar-refractivity contribution < 1.29 is 0 Å². The molecule has 2 heterocycles. The molecule has 0 radical (unpaired) electrons. The van der Waals surface area contributed by atoms with Crippen LogP contribution >= 0.6 is 0 Å². The van der Waals surface area contributed by atoms with E-state index < -0.39 is 0 Å². The first-order chi connectivity index (χ1) is 9.93. The predicted octanol–water partition coefficient (Wildman–Crippen LogP) is 3.85. The van der Waals surface area contributed by atoms with Crippen molar-refractivity contribution in [1.29, 1.82) is 0 Å². The van der Waals surface area contributed by atoms with E-state index in [1.165, 1.54) is 0 Å². The number of nitrogens with zero attached hydrogens (tertiary/aromatic N) is 3. The molecule has 2 aromatic carbocycles. The zero-order valence-electron chi connectivity index (χ0n) is 10.7. The molecule has 94 valence electrons. The lowest BCUT2D eigenvalue weighted by Gasteiger charge is -2.07. The van der Waals surface area contributed by atoms with Crippen LogP contribution in [0.25, 0.3) is 33.1 Å². The molecule has 0 bridgehead atoms. The van der Waals surface area contributed by atoms with E-state index in [-0.39, 0.29) is 0 Å². The summed E-state index contributed by atoms with van der Waals surface area (Å²) in [5.41, 5.74) is 3.89. The first-order valence-electron chi connectivity index (χ1n) is 6.47. The Morgan fingerprint density at radius 1 is 0.700 bits per heavy atom. The van der Waals surface area contributed by atoms with Crippen molar-refractivity contribution in [3.8, 4) is 11.3 Å². The normalized spacial score (nSPS) is 11.0. The molecule has 0 atom stereocenters. The standard InChI is InChI=1S/C17H11N3/c1-2-9-15-13(7-1)17(20-11-19-15)14-8-3-5-12-6-4-10-18-16(12)14/h1-11H. The highest BCUT2D eigenvalue weighted by Gasteiger charge is 2.09. The van der Waals surface area contributed by atoms with E-state index in [0.717, 1.165) is 33.1 Å². The minimum absolute atomic E-state index is 0.930. The Bertz CT molecular complexity index is 828. The first kappa shape index (κ1) is 11.1. The molecule has 0 fully saturated rings. The van der Waals surface area contributed by atoms with Gasteiger partial charge in [-0.05, 0) is 12.1 Å². The van der Waals surface area contributed by atoms with Gasteiger partial charge in [-0.2, -0.15) is 0 Å². The largest absolute Gasteiger partial charge is 0.256 e. The van der Waals surface area contributed by atoms with Crippen LogP contribution in [0.15, 0.2) is 67.1 Å². The summed E-state index contributed by atoms with van der Waals surface area (Å²) >= 11 is 0. The molecule has 3 nitrogen and oxygen atoms in total. The fourth-order valence-electron chi connectivity index (χ4n) is 2.51. The molecule has 0 aliphatic rings. The number of rotatable bonds is 1. The summed E-state index contributed by atoms with van der Waals surface area (Å²) in [4.78, 5) is 13.3. The van der Waals surface area contributed by atoms with Crippen LogP contribution in [-0.4, -0.2) is 15.0 Å². The molecule has 20 heavy (non-hydrogen) atoms. The molecule has 0 aliphatic heterocycles. The van der Waals surface area contributed by atoms with Crippen LogP contribution in [0, 0.1) is 0 Å². The topological polar surface area (TPSA) is 38.7 Å². The summed E-state index contributed by atoms with van der Waals surface area (Å²) in [6.07, 6.45) is 3.43. The van der Waals surface area contributed by atoms with Crippen molar-refractivity contribution in [1.82, 2.24) is 15.0 Å². The maximum absolute atomic E-state index is 4.50. The van der Waals surface area contributed by atoms with Crippen molar-refractivity contribution in [2.75, 3.05) is 0 Å². The highest BCUT2D eigenvalue weighted by atomic mass is 14.8. The minimum atomic E-state index is 0.930. The van der Waals surface area contributed by atoms with Gasteiger partial charge in [0.05, 0.1) is 16.7 Å². The van der Waals surface area contributed by atoms with E-state index in [0.29, 0.717) is 0 Å². The van der Waals surface area contributed by atoms with E-state index in [1.807, 2.05) is 42.6 Å². The second-order valence-corrected chi connectivity index (χ2v) is 4.62. The third-order valence-electron chi connectivity index (χ3n) is 3.43. The second-order valence-electron chi connectivity index (χ2n) is 4.62. The van der Waals surface area contributed by atoms with Crippen LogP contribution < -0.4 is 0 Å². The molecular weight excluding hydrogens is 246 g/mol. The van der Waals surface area contributed by atoms with Gasteiger partial charge in [0.15, 0.2) is 0 Å². The molecule has 0 unspecified atom stereocenters. The lowest BCUT2D eigenvalue weighted by atomic mass is 10.0. The molecule has 4 rings (SSSR count). The molecule has 0 spiro atoms. The maximum atomic E-state index is 4.50. The van der Waals surface area contributed by atoms with Crippen molar-refractivity contribution in [3.63, 3.8) is 0 Å². The van der Waals surface area contributed by atoms with Crippen LogP contribution in [0.1, 0.15) is 0 Å². The van der Waals surface area contributed by atoms with Crippen LogP contribution in [-0.2, 0) is 0 Å². The average molecular weight is 257 g/mol. The zero-order valence-corrected chi connectivity index (χ0v) is 10.7. The van der Waals surface area contributed by atoms with Crippen molar-refractivity contribution in [2.24, 2.45) is 0 Å². The highest BCUT2D eigenvalue weighted by molar-refractivity contribution is 6.00. The summed E-state index contributed by atoms with van der Waals surface area (Å²) in [5.74, 6) is 0. The number of hydrogen-bond acceptors (Lipinski definition) is 3. The molecule has 0 saturated carbocycles. The van der Waals surface area contributed by atoms with Gasteiger partial charge >= 0.3 is 0 Å². The Hall–Kier alpha value is -2.81. The smallest absolute Gasteiger partial charge is 0.116 e. The lowest BCUT2D eigenvalue weighted by Crippen LogP contribution is -1.91. The quantitative estimate of drug-likeness (QED) is 0.520. The van der Waals surface area contributed by atoms with E-state index in [2.05, 4.69) is 33.2 Å². The predicted molar refractivity (Wildman–Crippen MR) is 80.3 cm³/mol. The fourth-order valence-corrected chi connectivity index (χ4v) is 2.51. The van der Waals surface area contributed by atoms with Gasteiger partial charge in [0, 0.05) is 22.5 Å². The van der Waals surface area contributed by atoms with Gasteiger partial charge in [-0.15, -0.1) is 0 Å². The Morgan fingerprint density at radius 2 is 1.60 bits per heavy atom. The second kappa shape index (κ2) is 4.38. The van der Waals surface area contributed by atoms with Gasteiger partial charge in [0.2, 0.25) is 0 Å². The first-order valence-corrected chi connectivity index (χ1v) is 6.47. The molecule has 4 aromatic rings. The number of para-hydroxylation sites is 2. The zero-order chi connectivity index (χ0) is 13.4. The number of fused-ring (bicyclic) bond motifs is 2. The van der Waals surface area contributed by atoms with E-state index in [4.69, 9.17) is 0 Å².